The number of carbonyl (C=O) groups is 1. The van der Waals surface area contributed by atoms with Gasteiger partial charge in [-0.1, -0.05) is 17.7 Å². The molecule has 1 heterocycles. The van der Waals surface area contributed by atoms with Crippen LogP contribution in [0.2, 0.25) is 5.02 Å². The van der Waals surface area contributed by atoms with Crippen LogP contribution in [0.1, 0.15) is 11.1 Å². The van der Waals surface area contributed by atoms with Gasteiger partial charge in [0.25, 0.3) is 0 Å². The number of aryl methyl sites for hydroxylation is 1. The van der Waals surface area contributed by atoms with E-state index in [2.05, 4.69) is 0 Å². The number of rotatable bonds is 3. The molecule has 2 aromatic carbocycles. The van der Waals surface area contributed by atoms with Crippen molar-refractivity contribution in [2.24, 2.45) is 0 Å². The highest BCUT2D eigenvalue weighted by Gasteiger charge is 2.48. The normalized spacial score (nSPS) is 16.2. The Kier molecular flexibility index (Phi) is 4.82. The van der Waals surface area contributed by atoms with E-state index in [1.807, 2.05) is 0 Å². The van der Waals surface area contributed by atoms with Gasteiger partial charge in [0.15, 0.2) is 0 Å². The van der Waals surface area contributed by atoms with Crippen molar-refractivity contribution in [3.63, 3.8) is 0 Å². The van der Waals surface area contributed by atoms with E-state index in [1.54, 1.807) is 25.1 Å². The molecule has 0 radical (unpaired) electrons. The van der Waals surface area contributed by atoms with Crippen molar-refractivity contribution in [3.8, 4) is 22.6 Å². The second-order valence-corrected chi connectivity index (χ2v) is 6.44. The molecule has 0 aliphatic carbocycles. The molecule has 142 valence electrons. The van der Waals surface area contributed by atoms with Gasteiger partial charge < -0.3 is 14.6 Å². The summed E-state index contributed by atoms with van der Waals surface area (Å²) in [5.74, 6) is -1.15. The lowest BCUT2D eigenvalue weighted by atomic mass is 9.95. The Morgan fingerprint density at radius 1 is 1.26 bits per heavy atom. The summed E-state index contributed by atoms with van der Waals surface area (Å²) in [6, 6.07) is 7.93. The Morgan fingerprint density at radius 2 is 1.96 bits per heavy atom. The number of ether oxygens (including phenoxy) is 2. The molecule has 0 saturated carbocycles. The van der Waals surface area contributed by atoms with E-state index in [-0.39, 0.29) is 16.3 Å². The first-order valence-electron chi connectivity index (χ1n) is 7.78. The first kappa shape index (κ1) is 19.1. The standard InChI is InChI=1S/C19H14ClF3O4/c1-9-5-10(3-4-15(9)26-2)13-8-12(20)6-11-7-14(18(24)25)17(19(21,22)23)27-16(11)13/h3-8,17H,1-2H3,(H,24,25)/t17-/m0/s1. The lowest BCUT2D eigenvalue weighted by molar-refractivity contribution is -0.187. The average molecular weight is 399 g/mol. The number of alkyl halides is 3. The highest BCUT2D eigenvalue weighted by Crippen LogP contribution is 2.44. The maximum Gasteiger partial charge on any atom is 0.430 e. The van der Waals surface area contributed by atoms with Gasteiger partial charge in [-0.15, -0.1) is 0 Å². The van der Waals surface area contributed by atoms with Crippen molar-refractivity contribution in [1.29, 1.82) is 0 Å². The molecule has 27 heavy (non-hydrogen) atoms. The summed E-state index contributed by atoms with van der Waals surface area (Å²) in [4.78, 5) is 11.3. The fourth-order valence-electron chi connectivity index (χ4n) is 2.96. The smallest absolute Gasteiger partial charge is 0.430 e. The van der Waals surface area contributed by atoms with Crippen molar-refractivity contribution < 1.29 is 32.5 Å². The number of aliphatic carboxylic acids is 1. The second kappa shape index (κ2) is 6.81. The zero-order chi connectivity index (χ0) is 19.9. The van der Waals surface area contributed by atoms with Crippen molar-refractivity contribution in [3.05, 3.63) is 52.1 Å². The van der Waals surface area contributed by atoms with Gasteiger partial charge in [0.05, 0.1) is 12.7 Å². The molecule has 0 bridgehead atoms. The number of benzene rings is 2. The fraction of sp³-hybridized carbons (Fsp3) is 0.211. The number of carboxylic acid groups (broad SMARTS) is 1. The number of fused-ring (bicyclic) bond motifs is 1. The summed E-state index contributed by atoms with van der Waals surface area (Å²) < 4.78 is 50.4. The zero-order valence-electron chi connectivity index (χ0n) is 14.2. The molecule has 0 spiro atoms. The SMILES string of the molecule is COc1ccc(-c2cc(Cl)cc3c2O[C@H](C(F)(F)F)C(C(=O)O)=C3)cc1C. The van der Waals surface area contributed by atoms with Gasteiger partial charge in [0.1, 0.15) is 11.5 Å². The van der Waals surface area contributed by atoms with Crippen molar-refractivity contribution in [2.75, 3.05) is 7.11 Å². The Labute approximate surface area is 157 Å². The molecule has 0 aromatic heterocycles. The van der Waals surface area contributed by atoms with E-state index in [1.165, 1.54) is 19.2 Å². The monoisotopic (exact) mass is 398 g/mol. The van der Waals surface area contributed by atoms with E-state index in [0.717, 1.165) is 11.6 Å². The van der Waals surface area contributed by atoms with Crippen molar-refractivity contribution in [2.45, 2.75) is 19.2 Å². The molecule has 1 aliphatic heterocycles. The largest absolute Gasteiger partial charge is 0.496 e. The van der Waals surface area contributed by atoms with E-state index >= 15 is 0 Å². The first-order chi connectivity index (χ1) is 12.6. The summed E-state index contributed by atoms with van der Waals surface area (Å²) >= 11 is 6.10. The zero-order valence-corrected chi connectivity index (χ0v) is 15.0. The maximum absolute atomic E-state index is 13.4. The number of halogens is 4. The van der Waals surface area contributed by atoms with Crippen LogP contribution in [0, 0.1) is 6.92 Å². The maximum atomic E-state index is 13.4. The van der Waals surface area contributed by atoms with Crippen LogP contribution in [0.15, 0.2) is 35.9 Å². The predicted molar refractivity (Wildman–Crippen MR) is 94.3 cm³/mol. The third-order valence-corrected chi connectivity index (χ3v) is 4.38. The van der Waals surface area contributed by atoms with Gasteiger partial charge in [-0.05, 0) is 48.4 Å². The van der Waals surface area contributed by atoms with E-state index in [9.17, 15) is 18.0 Å². The Hall–Kier alpha value is -2.67. The van der Waals surface area contributed by atoms with Gasteiger partial charge in [0.2, 0.25) is 6.10 Å². The second-order valence-electron chi connectivity index (χ2n) is 6.00. The summed E-state index contributed by atoms with van der Waals surface area (Å²) in [5.41, 5.74) is 0.949. The summed E-state index contributed by atoms with van der Waals surface area (Å²) in [6.45, 7) is 1.79. The number of hydrogen-bond acceptors (Lipinski definition) is 3. The summed E-state index contributed by atoms with van der Waals surface area (Å²) in [7, 11) is 1.51. The van der Waals surface area contributed by atoms with Crippen LogP contribution in [0.25, 0.3) is 17.2 Å². The minimum Gasteiger partial charge on any atom is -0.496 e. The van der Waals surface area contributed by atoms with Gasteiger partial charge in [-0.2, -0.15) is 13.2 Å². The summed E-state index contributed by atoms with van der Waals surface area (Å²) in [6.07, 6.45) is -6.50. The molecule has 8 heteroatoms. The number of carboxylic acids is 1. The molecule has 0 saturated heterocycles. The molecule has 3 rings (SSSR count). The van der Waals surface area contributed by atoms with Gasteiger partial charge in [-0.25, -0.2) is 4.79 Å². The van der Waals surface area contributed by atoms with E-state index in [4.69, 9.17) is 26.2 Å². The fourth-order valence-corrected chi connectivity index (χ4v) is 3.18. The minimum atomic E-state index is -4.88. The minimum absolute atomic E-state index is 0.0729. The predicted octanol–water partition coefficient (Wildman–Crippen LogP) is 5.12. The van der Waals surface area contributed by atoms with Crippen LogP contribution in [-0.4, -0.2) is 30.5 Å². The molecule has 1 aliphatic rings. The van der Waals surface area contributed by atoms with E-state index < -0.39 is 23.8 Å². The van der Waals surface area contributed by atoms with Crippen LogP contribution in [0.3, 0.4) is 0 Å². The summed E-state index contributed by atoms with van der Waals surface area (Å²) in [5, 5.41) is 9.39. The van der Waals surface area contributed by atoms with Gasteiger partial charge in [-0.3, -0.25) is 0 Å². The lowest BCUT2D eigenvalue weighted by Crippen LogP contribution is -2.40. The van der Waals surface area contributed by atoms with Crippen LogP contribution < -0.4 is 9.47 Å². The van der Waals surface area contributed by atoms with Crippen molar-refractivity contribution in [1.82, 2.24) is 0 Å². The quantitative estimate of drug-likeness (QED) is 0.780. The third-order valence-electron chi connectivity index (χ3n) is 4.16. The van der Waals surface area contributed by atoms with Gasteiger partial charge in [0, 0.05) is 16.1 Å². The topological polar surface area (TPSA) is 55.8 Å². The molecule has 0 fully saturated rings. The average Bonchev–Trinajstić information content (AvgIpc) is 2.58. The molecule has 4 nitrogen and oxygen atoms in total. The number of methoxy groups -OCH3 is 1. The highest BCUT2D eigenvalue weighted by molar-refractivity contribution is 6.31. The van der Waals surface area contributed by atoms with Crippen LogP contribution in [0.5, 0.6) is 11.5 Å². The van der Waals surface area contributed by atoms with Gasteiger partial charge >= 0.3 is 12.1 Å². The third kappa shape index (κ3) is 3.60. The molecule has 1 atom stereocenters. The molecule has 0 unspecified atom stereocenters. The van der Waals surface area contributed by atoms with Crippen LogP contribution in [-0.2, 0) is 4.79 Å². The first-order valence-corrected chi connectivity index (χ1v) is 8.16. The van der Waals surface area contributed by atoms with Crippen LogP contribution in [0.4, 0.5) is 13.2 Å². The lowest BCUT2D eigenvalue weighted by Gasteiger charge is -2.28. The Morgan fingerprint density at radius 3 is 2.52 bits per heavy atom. The highest BCUT2D eigenvalue weighted by atomic mass is 35.5. The molecular formula is C19H14ClF3O4. The van der Waals surface area contributed by atoms with Crippen molar-refractivity contribution >= 4 is 23.6 Å². The molecular weight excluding hydrogens is 385 g/mol. The molecule has 2 aromatic rings. The van der Waals surface area contributed by atoms with E-state index in [0.29, 0.717) is 16.9 Å². The Balaban J connectivity index is 2.21. The molecule has 1 N–H and O–H groups in total. The molecule has 0 amide bonds. The Bertz CT molecular complexity index is 951. The van der Waals surface area contributed by atoms with Crippen LogP contribution >= 0.6 is 11.6 Å². The number of hydrogen-bond donors (Lipinski definition) is 1.